The molecule has 1 aromatic heterocycles. The summed E-state index contributed by atoms with van der Waals surface area (Å²) in [7, 11) is 0. The van der Waals surface area contributed by atoms with Crippen molar-refractivity contribution in [3.05, 3.63) is 22.4 Å². The van der Waals surface area contributed by atoms with Gasteiger partial charge in [-0.15, -0.1) is 11.3 Å². The third-order valence-electron chi connectivity index (χ3n) is 2.57. The van der Waals surface area contributed by atoms with Crippen LogP contribution in [0.25, 0.3) is 0 Å². The normalized spacial score (nSPS) is 12.6. The molecule has 0 saturated carbocycles. The molecule has 0 aromatic carbocycles. The first-order valence-corrected chi connectivity index (χ1v) is 6.93. The van der Waals surface area contributed by atoms with E-state index in [1.807, 2.05) is 0 Å². The van der Waals surface area contributed by atoms with E-state index in [0.717, 1.165) is 0 Å². The zero-order chi connectivity index (χ0) is 15.3. The second-order valence-electron chi connectivity index (χ2n) is 5.36. The number of nitrogens with one attached hydrogen (secondary N) is 2. The van der Waals surface area contributed by atoms with Crippen molar-refractivity contribution in [2.45, 2.75) is 26.8 Å². The van der Waals surface area contributed by atoms with Gasteiger partial charge in [-0.3, -0.25) is 9.59 Å². The van der Waals surface area contributed by atoms with Crippen LogP contribution in [0.2, 0.25) is 0 Å². The van der Waals surface area contributed by atoms with Gasteiger partial charge in [0.2, 0.25) is 5.91 Å². The van der Waals surface area contributed by atoms with E-state index in [9.17, 15) is 14.4 Å². The maximum atomic E-state index is 11.7. The Kier molecular flexibility index (Phi) is 5.26. The zero-order valence-corrected chi connectivity index (χ0v) is 12.4. The second kappa shape index (κ2) is 6.51. The molecule has 20 heavy (non-hydrogen) atoms. The molecule has 1 aromatic rings. The van der Waals surface area contributed by atoms with Gasteiger partial charge >= 0.3 is 5.97 Å². The molecule has 2 amide bonds. The molecular formula is C13H18N2O4S. The van der Waals surface area contributed by atoms with Crippen molar-refractivity contribution in [2.75, 3.05) is 6.54 Å². The monoisotopic (exact) mass is 298 g/mol. The van der Waals surface area contributed by atoms with Gasteiger partial charge in [0.15, 0.2) is 0 Å². The van der Waals surface area contributed by atoms with Crippen LogP contribution in [0.3, 0.4) is 0 Å². The molecule has 0 aliphatic heterocycles. The van der Waals surface area contributed by atoms with Gasteiger partial charge in [0.25, 0.3) is 5.91 Å². The Morgan fingerprint density at radius 2 is 2.00 bits per heavy atom. The number of carbonyl (C=O) groups is 3. The van der Waals surface area contributed by atoms with Gasteiger partial charge in [-0.1, -0.05) is 26.8 Å². The minimum Gasteiger partial charge on any atom is -0.480 e. The molecule has 0 aliphatic rings. The SMILES string of the molecule is CC(C)(C)[C@@H](NC(=O)CNC(=O)c1cccs1)C(=O)O. The average molecular weight is 298 g/mol. The molecule has 1 atom stereocenters. The predicted octanol–water partition coefficient (Wildman–Crippen LogP) is 1.09. The molecule has 0 radical (unpaired) electrons. The molecule has 7 heteroatoms. The average Bonchev–Trinajstić information content (AvgIpc) is 2.84. The van der Waals surface area contributed by atoms with Crippen molar-refractivity contribution in [1.29, 1.82) is 0 Å². The van der Waals surface area contributed by atoms with Gasteiger partial charge in [0, 0.05) is 0 Å². The lowest BCUT2D eigenvalue weighted by molar-refractivity contribution is -0.144. The van der Waals surface area contributed by atoms with Crippen molar-refractivity contribution < 1.29 is 19.5 Å². The molecule has 110 valence electrons. The molecule has 0 aliphatic carbocycles. The molecule has 0 bridgehead atoms. The molecule has 0 spiro atoms. The van der Waals surface area contributed by atoms with E-state index in [0.29, 0.717) is 4.88 Å². The number of amides is 2. The van der Waals surface area contributed by atoms with Gasteiger partial charge in [0.1, 0.15) is 6.04 Å². The lowest BCUT2D eigenvalue weighted by Gasteiger charge is -2.27. The molecule has 0 unspecified atom stereocenters. The molecule has 6 nitrogen and oxygen atoms in total. The molecule has 0 saturated heterocycles. The third kappa shape index (κ3) is 4.65. The summed E-state index contributed by atoms with van der Waals surface area (Å²) in [6.07, 6.45) is 0. The minimum absolute atomic E-state index is 0.253. The van der Waals surface area contributed by atoms with E-state index in [1.54, 1.807) is 38.3 Å². The van der Waals surface area contributed by atoms with E-state index >= 15 is 0 Å². The van der Waals surface area contributed by atoms with Crippen molar-refractivity contribution in [3.8, 4) is 0 Å². The number of aliphatic carboxylic acids is 1. The molecule has 0 fully saturated rings. The third-order valence-corrected chi connectivity index (χ3v) is 3.44. The summed E-state index contributed by atoms with van der Waals surface area (Å²) in [6, 6.07) is 2.38. The first-order valence-electron chi connectivity index (χ1n) is 6.05. The maximum absolute atomic E-state index is 11.7. The fraction of sp³-hybridized carbons (Fsp3) is 0.462. The highest BCUT2D eigenvalue weighted by atomic mass is 32.1. The van der Waals surface area contributed by atoms with Crippen LogP contribution in [0.4, 0.5) is 0 Å². The molecule has 1 rings (SSSR count). The lowest BCUT2D eigenvalue weighted by Crippen LogP contribution is -2.51. The Morgan fingerprint density at radius 1 is 1.35 bits per heavy atom. The van der Waals surface area contributed by atoms with Crippen molar-refractivity contribution in [1.82, 2.24) is 10.6 Å². The number of hydrogen-bond acceptors (Lipinski definition) is 4. The highest BCUT2D eigenvalue weighted by molar-refractivity contribution is 7.12. The number of carbonyl (C=O) groups excluding carboxylic acids is 2. The first kappa shape index (κ1) is 16.2. The van der Waals surface area contributed by atoms with E-state index in [-0.39, 0.29) is 12.5 Å². The van der Waals surface area contributed by atoms with Crippen LogP contribution in [0.15, 0.2) is 17.5 Å². The smallest absolute Gasteiger partial charge is 0.326 e. The van der Waals surface area contributed by atoms with Crippen molar-refractivity contribution >= 4 is 29.1 Å². The standard InChI is InChI=1S/C13H18N2O4S/c1-13(2,3)10(12(18)19)15-9(16)7-14-11(17)8-5-4-6-20-8/h4-6,10H,7H2,1-3H3,(H,14,17)(H,15,16)(H,18,19)/t10-/m0/s1. The number of hydrogen-bond donors (Lipinski definition) is 3. The van der Waals surface area contributed by atoms with Crippen LogP contribution < -0.4 is 10.6 Å². The Balaban J connectivity index is 2.51. The van der Waals surface area contributed by atoms with Gasteiger partial charge < -0.3 is 15.7 Å². The quantitative estimate of drug-likeness (QED) is 0.758. The molecule has 3 N–H and O–H groups in total. The van der Waals surface area contributed by atoms with Crippen LogP contribution in [-0.2, 0) is 9.59 Å². The fourth-order valence-electron chi connectivity index (χ4n) is 1.52. The molecule has 1 heterocycles. The van der Waals surface area contributed by atoms with Gasteiger partial charge in [0.05, 0.1) is 11.4 Å². The fourth-order valence-corrected chi connectivity index (χ4v) is 2.16. The lowest BCUT2D eigenvalue weighted by atomic mass is 9.87. The van der Waals surface area contributed by atoms with Crippen LogP contribution in [0, 0.1) is 5.41 Å². The number of rotatable bonds is 5. The largest absolute Gasteiger partial charge is 0.480 e. The summed E-state index contributed by atoms with van der Waals surface area (Å²) in [5.74, 6) is -1.98. The maximum Gasteiger partial charge on any atom is 0.326 e. The highest BCUT2D eigenvalue weighted by Gasteiger charge is 2.32. The molecular weight excluding hydrogens is 280 g/mol. The number of thiophene rings is 1. The topological polar surface area (TPSA) is 95.5 Å². The van der Waals surface area contributed by atoms with E-state index in [4.69, 9.17) is 5.11 Å². The summed E-state index contributed by atoms with van der Waals surface area (Å²) in [6.45, 7) is 4.90. The summed E-state index contributed by atoms with van der Waals surface area (Å²) >= 11 is 1.27. The van der Waals surface area contributed by atoms with Crippen molar-refractivity contribution in [2.24, 2.45) is 5.41 Å². The van der Waals surface area contributed by atoms with Gasteiger partial charge in [-0.05, 0) is 16.9 Å². The Morgan fingerprint density at radius 3 is 2.45 bits per heavy atom. The Bertz CT molecular complexity index is 491. The van der Waals surface area contributed by atoms with Crippen LogP contribution in [0.1, 0.15) is 30.4 Å². The van der Waals surface area contributed by atoms with Crippen LogP contribution in [0.5, 0.6) is 0 Å². The Hall–Kier alpha value is -1.89. The summed E-state index contributed by atoms with van der Waals surface area (Å²) in [5.41, 5.74) is -0.612. The van der Waals surface area contributed by atoms with E-state index in [1.165, 1.54) is 11.3 Å². The number of carboxylic acid groups (broad SMARTS) is 1. The number of carboxylic acids is 1. The summed E-state index contributed by atoms with van der Waals surface area (Å²) < 4.78 is 0. The van der Waals surface area contributed by atoms with E-state index in [2.05, 4.69) is 10.6 Å². The second-order valence-corrected chi connectivity index (χ2v) is 6.31. The van der Waals surface area contributed by atoms with Crippen LogP contribution in [-0.4, -0.2) is 35.5 Å². The van der Waals surface area contributed by atoms with E-state index < -0.39 is 23.3 Å². The highest BCUT2D eigenvalue weighted by Crippen LogP contribution is 2.19. The minimum atomic E-state index is -1.10. The van der Waals surface area contributed by atoms with Gasteiger partial charge in [-0.25, -0.2) is 4.79 Å². The summed E-state index contributed by atoms with van der Waals surface area (Å²) in [5, 5.41) is 15.7. The van der Waals surface area contributed by atoms with Gasteiger partial charge in [-0.2, -0.15) is 0 Å². The Labute approximate surface area is 121 Å². The first-order chi connectivity index (χ1) is 9.21. The predicted molar refractivity (Wildman–Crippen MR) is 75.7 cm³/mol. The zero-order valence-electron chi connectivity index (χ0n) is 11.6. The van der Waals surface area contributed by atoms with Crippen LogP contribution >= 0.6 is 11.3 Å². The summed E-state index contributed by atoms with van der Waals surface area (Å²) in [4.78, 5) is 34.9. The van der Waals surface area contributed by atoms with Crippen molar-refractivity contribution in [3.63, 3.8) is 0 Å².